The van der Waals surface area contributed by atoms with Gasteiger partial charge in [0.05, 0.1) is 12.2 Å². The van der Waals surface area contributed by atoms with E-state index in [0.29, 0.717) is 19.0 Å². The minimum absolute atomic E-state index is 0.104. The second-order valence-electron chi connectivity index (χ2n) is 5.97. The van der Waals surface area contributed by atoms with E-state index in [1.807, 2.05) is 43.0 Å². The molecule has 0 aromatic heterocycles. The molecule has 1 saturated carbocycles. The van der Waals surface area contributed by atoms with Crippen LogP contribution in [0.5, 0.6) is 0 Å². The van der Waals surface area contributed by atoms with Gasteiger partial charge in [-0.3, -0.25) is 4.79 Å². The van der Waals surface area contributed by atoms with Crippen molar-refractivity contribution in [1.82, 2.24) is 4.90 Å². The Kier molecular flexibility index (Phi) is 3.74. The van der Waals surface area contributed by atoms with Crippen molar-refractivity contribution < 1.29 is 9.53 Å². The van der Waals surface area contributed by atoms with Gasteiger partial charge in [0, 0.05) is 24.0 Å². The molecule has 0 bridgehead atoms. The maximum absolute atomic E-state index is 12.6. The fourth-order valence-corrected chi connectivity index (χ4v) is 3.46. The number of carbonyl (C=O) groups excluding carboxylic acids is 1. The van der Waals surface area contributed by atoms with Crippen molar-refractivity contribution in [1.29, 1.82) is 0 Å². The molecule has 0 spiro atoms. The first kappa shape index (κ1) is 13.9. The molecule has 1 aromatic carbocycles. The highest BCUT2D eigenvalue weighted by Gasteiger charge is 2.47. The summed E-state index contributed by atoms with van der Waals surface area (Å²) in [7, 11) is 0. The molecule has 0 N–H and O–H groups in total. The van der Waals surface area contributed by atoms with Crippen LogP contribution in [0.2, 0.25) is 5.02 Å². The van der Waals surface area contributed by atoms with Crippen LogP contribution in [0.4, 0.5) is 0 Å². The zero-order valence-corrected chi connectivity index (χ0v) is 12.6. The Labute approximate surface area is 124 Å². The van der Waals surface area contributed by atoms with Crippen LogP contribution >= 0.6 is 11.6 Å². The van der Waals surface area contributed by atoms with Gasteiger partial charge in [-0.1, -0.05) is 29.8 Å². The highest BCUT2D eigenvalue weighted by Crippen LogP contribution is 2.50. The van der Waals surface area contributed by atoms with Crippen molar-refractivity contribution in [3.8, 4) is 0 Å². The number of nitrogens with zero attached hydrogens (tertiary/aromatic N) is 1. The summed E-state index contributed by atoms with van der Waals surface area (Å²) < 4.78 is 5.68. The zero-order valence-electron chi connectivity index (χ0n) is 11.9. The van der Waals surface area contributed by atoms with Crippen molar-refractivity contribution >= 4 is 17.5 Å². The van der Waals surface area contributed by atoms with Crippen LogP contribution in [-0.2, 0) is 9.53 Å². The minimum Gasteiger partial charge on any atom is -0.372 e. The number of hydrogen-bond donors (Lipinski definition) is 0. The van der Waals surface area contributed by atoms with Crippen molar-refractivity contribution in [3.05, 3.63) is 34.9 Å². The van der Waals surface area contributed by atoms with Crippen LogP contribution in [0, 0.1) is 5.92 Å². The SMILES string of the molecule is CC1CN(C(=O)C2CC2c2ccccc2Cl)CC(C)O1. The number of rotatable bonds is 2. The lowest BCUT2D eigenvalue weighted by Gasteiger charge is -2.35. The van der Waals surface area contributed by atoms with Gasteiger partial charge in [-0.2, -0.15) is 0 Å². The largest absolute Gasteiger partial charge is 0.372 e. The number of ether oxygens (including phenoxy) is 1. The van der Waals surface area contributed by atoms with Gasteiger partial charge in [0.15, 0.2) is 0 Å². The number of hydrogen-bond acceptors (Lipinski definition) is 2. The predicted octanol–water partition coefficient (Wildman–Crippen LogP) is 3.08. The lowest BCUT2D eigenvalue weighted by atomic mass is 10.1. The van der Waals surface area contributed by atoms with Crippen LogP contribution < -0.4 is 0 Å². The maximum atomic E-state index is 12.6. The van der Waals surface area contributed by atoms with Crippen LogP contribution in [0.25, 0.3) is 0 Å². The first-order chi connectivity index (χ1) is 9.56. The first-order valence-corrected chi connectivity index (χ1v) is 7.62. The molecule has 3 rings (SSSR count). The van der Waals surface area contributed by atoms with Gasteiger partial charge in [0.2, 0.25) is 5.91 Å². The Morgan fingerprint density at radius 1 is 1.25 bits per heavy atom. The second-order valence-corrected chi connectivity index (χ2v) is 6.38. The van der Waals surface area contributed by atoms with E-state index in [2.05, 4.69) is 0 Å². The summed E-state index contributed by atoms with van der Waals surface area (Å²) in [4.78, 5) is 14.5. The number of amides is 1. The molecule has 1 aliphatic carbocycles. The number of carbonyl (C=O) groups is 1. The normalized spacial score (nSPS) is 33.0. The Balaban J connectivity index is 1.67. The minimum atomic E-state index is 0.104. The fourth-order valence-electron chi connectivity index (χ4n) is 3.18. The van der Waals surface area contributed by atoms with E-state index >= 15 is 0 Å². The summed E-state index contributed by atoms with van der Waals surface area (Å²) in [5.74, 6) is 0.661. The quantitative estimate of drug-likeness (QED) is 0.839. The topological polar surface area (TPSA) is 29.5 Å². The molecule has 4 heteroatoms. The molecule has 0 radical (unpaired) electrons. The molecule has 1 heterocycles. The van der Waals surface area contributed by atoms with E-state index in [-0.39, 0.29) is 24.0 Å². The van der Waals surface area contributed by atoms with E-state index < -0.39 is 0 Å². The van der Waals surface area contributed by atoms with Crippen LogP contribution in [0.1, 0.15) is 31.7 Å². The zero-order chi connectivity index (χ0) is 14.3. The van der Waals surface area contributed by atoms with Crippen LogP contribution in [0.3, 0.4) is 0 Å². The predicted molar refractivity (Wildman–Crippen MR) is 78.9 cm³/mol. The number of halogens is 1. The summed E-state index contributed by atoms with van der Waals surface area (Å²) in [6.07, 6.45) is 1.17. The molecule has 1 saturated heterocycles. The van der Waals surface area contributed by atoms with Gasteiger partial charge >= 0.3 is 0 Å². The molecule has 4 atom stereocenters. The Morgan fingerprint density at radius 2 is 1.90 bits per heavy atom. The third-order valence-corrected chi connectivity index (χ3v) is 4.49. The van der Waals surface area contributed by atoms with Crippen molar-refractivity contribution in [2.75, 3.05) is 13.1 Å². The molecule has 1 aromatic rings. The first-order valence-electron chi connectivity index (χ1n) is 7.25. The van der Waals surface area contributed by atoms with E-state index in [1.54, 1.807) is 0 Å². The summed E-state index contributed by atoms with van der Waals surface area (Å²) in [5, 5.41) is 0.775. The third kappa shape index (κ3) is 2.70. The molecule has 108 valence electrons. The van der Waals surface area contributed by atoms with Gasteiger partial charge < -0.3 is 9.64 Å². The molecule has 20 heavy (non-hydrogen) atoms. The van der Waals surface area contributed by atoms with Gasteiger partial charge in [-0.15, -0.1) is 0 Å². The highest BCUT2D eigenvalue weighted by molar-refractivity contribution is 6.31. The number of morpholine rings is 1. The lowest BCUT2D eigenvalue weighted by molar-refractivity contribution is -0.144. The molecule has 2 aliphatic rings. The smallest absolute Gasteiger partial charge is 0.226 e. The monoisotopic (exact) mass is 293 g/mol. The summed E-state index contributed by atoms with van der Waals surface area (Å²) in [5.41, 5.74) is 1.11. The second kappa shape index (κ2) is 5.38. The maximum Gasteiger partial charge on any atom is 0.226 e. The fraction of sp³-hybridized carbons (Fsp3) is 0.562. The van der Waals surface area contributed by atoms with E-state index in [4.69, 9.17) is 16.3 Å². The molecule has 4 unspecified atom stereocenters. The molecular formula is C16H20ClNO2. The van der Waals surface area contributed by atoms with Crippen molar-refractivity contribution in [3.63, 3.8) is 0 Å². The van der Waals surface area contributed by atoms with Gasteiger partial charge in [0.1, 0.15) is 0 Å². The van der Waals surface area contributed by atoms with E-state index in [0.717, 1.165) is 17.0 Å². The number of benzene rings is 1. The highest BCUT2D eigenvalue weighted by atomic mass is 35.5. The Bertz CT molecular complexity index is 509. The van der Waals surface area contributed by atoms with Crippen molar-refractivity contribution in [2.24, 2.45) is 5.92 Å². The van der Waals surface area contributed by atoms with E-state index in [1.165, 1.54) is 0 Å². The summed E-state index contributed by atoms with van der Waals surface area (Å²) in [6, 6.07) is 7.84. The van der Waals surface area contributed by atoms with Gasteiger partial charge in [-0.05, 0) is 37.8 Å². The molecule has 3 nitrogen and oxygen atoms in total. The lowest BCUT2D eigenvalue weighted by Crippen LogP contribution is -2.48. The Hall–Kier alpha value is -1.06. The average molecular weight is 294 g/mol. The van der Waals surface area contributed by atoms with Crippen molar-refractivity contribution in [2.45, 2.75) is 38.4 Å². The standard InChI is InChI=1S/C16H20ClNO2/c1-10-8-18(9-11(2)20-10)16(19)14-7-13(14)12-5-3-4-6-15(12)17/h3-6,10-11,13-14H,7-9H2,1-2H3. The summed E-state index contributed by atoms with van der Waals surface area (Å²) >= 11 is 6.22. The molecule has 2 fully saturated rings. The van der Waals surface area contributed by atoms with Gasteiger partial charge in [-0.25, -0.2) is 0 Å². The average Bonchev–Trinajstić information content (AvgIpc) is 3.17. The molecule has 1 aliphatic heterocycles. The van der Waals surface area contributed by atoms with Crippen LogP contribution in [0.15, 0.2) is 24.3 Å². The Morgan fingerprint density at radius 3 is 2.55 bits per heavy atom. The van der Waals surface area contributed by atoms with Gasteiger partial charge in [0.25, 0.3) is 0 Å². The summed E-state index contributed by atoms with van der Waals surface area (Å²) in [6.45, 7) is 5.45. The third-order valence-electron chi connectivity index (χ3n) is 4.14. The molecular weight excluding hydrogens is 274 g/mol. The van der Waals surface area contributed by atoms with Crippen LogP contribution in [-0.4, -0.2) is 36.1 Å². The van der Waals surface area contributed by atoms with E-state index in [9.17, 15) is 4.79 Å². The molecule has 1 amide bonds.